The van der Waals surface area contributed by atoms with E-state index in [1.165, 1.54) is 0 Å². The average Bonchev–Trinajstić information content (AvgIpc) is 3.23. The third-order valence-corrected chi connectivity index (χ3v) is 5.26. The minimum absolute atomic E-state index is 0.0250. The van der Waals surface area contributed by atoms with Crippen molar-refractivity contribution in [2.45, 2.75) is 26.9 Å². The Morgan fingerprint density at radius 3 is 2.96 bits per heavy atom. The first-order valence-electron chi connectivity index (χ1n) is 8.42. The van der Waals surface area contributed by atoms with Gasteiger partial charge in [-0.1, -0.05) is 0 Å². The number of hydrogen-bond donors (Lipinski definition) is 1. The molecule has 1 aliphatic rings. The number of thiophene rings is 1. The van der Waals surface area contributed by atoms with Gasteiger partial charge in [-0.25, -0.2) is 15.0 Å². The molecule has 0 spiro atoms. The van der Waals surface area contributed by atoms with E-state index < -0.39 is 0 Å². The summed E-state index contributed by atoms with van der Waals surface area (Å²) in [6, 6.07) is 3.88. The lowest BCUT2D eigenvalue weighted by molar-refractivity contribution is 0.0786. The quantitative estimate of drug-likeness (QED) is 0.745. The predicted molar refractivity (Wildman–Crippen MR) is 101 cm³/mol. The van der Waals surface area contributed by atoms with Gasteiger partial charge in [-0.3, -0.25) is 4.79 Å². The largest absolute Gasteiger partial charge is 0.481 e. The number of rotatable bonds is 5. The molecule has 8 heteroatoms. The molecule has 1 aliphatic heterocycles. The standard InChI is InChI=1S/C18H19N5O2S/c1-4-23-9-14-13(18(23)24)7-11(16(22-14)25-3)8-19-15-12-5-6-26-17(12)21-10(2)20-15/h5-7H,4,8-9H2,1-3H3,(H,19,20,21). The Kier molecular flexibility index (Phi) is 4.20. The van der Waals surface area contributed by atoms with Crippen LogP contribution < -0.4 is 10.1 Å². The van der Waals surface area contributed by atoms with Gasteiger partial charge in [-0.05, 0) is 31.4 Å². The third-order valence-electron chi connectivity index (χ3n) is 4.46. The molecule has 1 N–H and O–H groups in total. The minimum Gasteiger partial charge on any atom is -0.481 e. The second-order valence-electron chi connectivity index (χ2n) is 6.08. The molecule has 26 heavy (non-hydrogen) atoms. The highest BCUT2D eigenvalue weighted by Gasteiger charge is 2.29. The van der Waals surface area contributed by atoms with Crippen LogP contribution >= 0.6 is 11.3 Å². The summed E-state index contributed by atoms with van der Waals surface area (Å²) >= 11 is 1.59. The molecule has 3 aromatic heterocycles. The van der Waals surface area contributed by atoms with Crippen LogP contribution in [0.5, 0.6) is 5.88 Å². The van der Waals surface area contributed by atoms with Gasteiger partial charge in [-0.15, -0.1) is 11.3 Å². The molecule has 4 rings (SSSR count). The summed E-state index contributed by atoms with van der Waals surface area (Å²) < 4.78 is 5.45. The van der Waals surface area contributed by atoms with Crippen LogP contribution in [0.15, 0.2) is 17.5 Å². The maximum Gasteiger partial charge on any atom is 0.256 e. The first-order chi connectivity index (χ1) is 12.6. The number of pyridine rings is 1. The van der Waals surface area contributed by atoms with Crippen molar-refractivity contribution in [2.24, 2.45) is 0 Å². The minimum atomic E-state index is 0.0250. The van der Waals surface area contributed by atoms with Crippen LogP contribution in [-0.4, -0.2) is 39.4 Å². The van der Waals surface area contributed by atoms with Crippen LogP contribution in [0.2, 0.25) is 0 Å². The van der Waals surface area contributed by atoms with Crippen molar-refractivity contribution in [1.82, 2.24) is 19.9 Å². The highest BCUT2D eigenvalue weighted by Crippen LogP contribution is 2.29. The van der Waals surface area contributed by atoms with E-state index >= 15 is 0 Å². The number of ether oxygens (including phenoxy) is 1. The Morgan fingerprint density at radius 2 is 2.19 bits per heavy atom. The Labute approximate surface area is 155 Å². The zero-order valence-corrected chi connectivity index (χ0v) is 15.7. The van der Waals surface area contributed by atoms with Gasteiger partial charge >= 0.3 is 0 Å². The van der Waals surface area contributed by atoms with E-state index in [-0.39, 0.29) is 5.91 Å². The summed E-state index contributed by atoms with van der Waals surface area (Å²) in [5.41, 5.74) is 2.26. The van der Waals surface area contributed by atoms with Gasteiger partial charge in [-0.2, -0.15) is 0 Å². The Morgan fingerprint density at radius 1 is 1.35 bits per heavy atom. The fourth-order valence-electron chi connectivity index (χ4n) is 3.14. The zero-order valence-electron chi connectivity index (χ0n) is 14.9. The van der Waals surface area contributed by atoms with Crippen molar-refractivity contribution >= 4 is 33.3 Å². The first-order valence-corrected chi connectivity index (χ1v) is 9.30. The number of aromatic nitrogens is 3. The summed E-state index contributed by atoms with van der Waals surface area (Å²) in [5.74, 6) is 2.06. The molecule has 1 amide bonds. The lowest BCUT2D eigenvalue weighted by atomic mass is 10.1. The predicted octanol–water partition coefficient (Wildman–Crippen LogP) is 2.99. The third kappa shape index (κ3) is 2.76. The number of aryl methyl sites for hydroxylation is 1. The van der Waals surface area contributed by atoms with Crippen LogP contribution in [0.3, 0.4) is 0 Å². The Balaban J connectivity index is 1.65. The van der Waals surface area contributed by atoms with Gasteiger partial charge in [0.05, 0.1) is 30.3 Å². The van der Waals surface area contributed by atoms with Crippen molar-refractivity contribution in [3.05, 3.63) is 40.2 Å². The van der Waals surface area contributed by atoms with Crippen molar-refractivity contribution in [2.75, 3.05) is 19.0 Å². The molecule has 0 bridgehead atoms. The molecular weight excluding hydrogens is 350 g/mol. The number of hydrogen-bond acceptors (Lipinski definition) is 7. The van der Waals surface area contributed by atoms with Crippen molar-refractivity contribution < 1.29 is 9.53 Å². The van der Waals surface area contributed by atoms with Gasteiger partial charge < -0.3 is 15.0 Å². The second kappa shape index (κ2) is 6.53. The Bertz CT molecular complexity index is 1000. The van der Waals surface area contributed by atoms with E-state index in [9.17, 15) is 4.79 Å². The SMILES string of the molecule is CCN1Cc2nc(OC)c(CNc3nc(C)nc4sccc34)cc2C1=O. The van der Waals surface area contributed by atoms with Gasteiger partial charge in [0.2, 0.25) is 5.88 Å². The number of anilines is 1. The molecule has 7 nitrogen and oxygen atoms in total. The number of nitrogens with zero attached hydrogens (tertiary/aromatic N) is 4. The highest BCUT2D eigenvalue weighted by atomic mass is 32.1. The second-order valence-corrected chi connectivity index (χ2v) is 6.98. The summed E-state index contributed by atoms with van der Waals surface area (Å²) in [7, 11) is 1.60. The fourth-order valence-corrected chi connectivity index (χ4v) is 3.95. The van der Waals surface area contributed by atoms with Gasteiger partial charge in [0.25, 0.3) is 5.91 Å². The summed E-state index contributed by atoms with van der Waals surface area (Å²) in [4.78, 5) is 28.7. The summed E-state index contributed by atoms with van der Waals surface area (Å²) in [5, 5.41) is 6.33. The van der Waals surface area contributed by atoms with E-state index in [1.807, 2.05) is 31.4 Å². The van der Waals surface area contributed by atoms with Crippen LogP contribution in [0.1, 0.15) is 34.4 Å². The molecule has 0 saturated heterocycles. The maximum atomic E-state index is 12.4. The van der Waals surface area contributed by atoms with E-state index in [4.69, 9.17) is 4.74 Å². The fraction of sp³-hybridized carbons (Fsp3) is 0.333. The summed E-state index contributed by atoms with van der Waals surface area (Å²) in [6.07, 6.45) is 0. The van der Waals surface area contributed by atoms with E-state index in [0.29, 0.717) is 31.1 Å². The zero-order chi connectivity index (χ0) is 18.3. The lowest BCUT2D eigenvalue weighted by Crippen LogP contribution is -2.23. The maximum absolute atomic E-state index is 12.4. The first kappa shape index (κ1) is 16.7. The molecule has 0 fully saturated rings. The van der Waals surface area contributed by atoms with Gasteiger partial charge in [0.15, 0.2) is 0 Å². The van der Waals surface area contributed by atoms with Crippen molar-refractivity contribution in [1.29, 1.82) is 0 Å². The molecule has 0 radical (unpaired) electrons. The molecule has 0 unspecified atom stereocenters. The van der Waals surface area contributed by atoms with Crippen LogP contribution in [0.4, 0.5) is 5.82 Å². The number of methoxy groups -OCH3 is 1. The number of amides is 1. The number of fused-ring (bicyclic) bond motifs is 2. The lowest BCUT2D eigenvalue weighted by Gasteiger charge is -2.11. The van der Waals surface area contributed by atoms with E-state index in [0.717, 1.165) is 33.1 Å². The van der Waals surface area contributed by atoms with Crippen LogP contribution in [0, 0.1) is 6.92 Å². The molecule has 0 aliphatic carbocycles. The molecule has 3 aromatic rings. The molecular formula is C18H19N5O2S. The van der Waals surface area contributed by atoms with E-state index in [1.54, 1.807) is 23.3 Å². The van der Waals surface area contributed by atoms with Gasteiger partial charge in [0.1, 0.15) is 16.5 Å². The van der Waals surface area contributed by atoms with Crippen molar-refractivity contribution in [3.8, 4) is 5.88 Å². The number of carbonyl (C=O) groups is 1. The van der Waals surface area contributed by atoms with Gasteiger partial charge in [0, 0.05) is 18.7 Å². The highest BCUT2D eigenvalue weighted by molar-refractivity contribution is 7.16. The smallest absolute Gasteiger partial charge is 0.256 e. The molecule has 0 atom stereocenters. The molecule has 0 aromatic carbocycles. The van der Waals surface area contributed by atoms with Crippen molar-refractivity contribution in [3.63, 3.8) is 0 Å². The van der Waals surface area contributed by atoms with E-state index in [2.05, 4.69) is 20.3 Å². The molecule has 0 saturated carbocycles. The Hall–Kier alpha value is -2.74. The summed E-state index contributed by atoms with van der Waals surface area (Å²) in [6.45, 7) is 5.51. The average molecular weight is 369 g/mol. The van der Waals surface area contributed by atoms with Crippen LogP contribution in [0.25, 0.3) is 10.2 Å². The normalized spacial score (nSPS) is 13.3. The number of nitrogens with one attached hydrogen (secondary N) is 1. The monoisotopic (exact) mass is 369 g/mol. The topological polar surface area (TPSA) is 80.2 Å². The number of carbonyl (C=O) groups excluding carboxylic acids is 1. The van der Waals surface area contributed by atoms with Crippen LogP contribution in [-0.2, 0) is 13.1 Å². The molecule has 134 valence electrons. The molecule has 4 heterocycles.